The molecule has 3 aromatic rings. The number of nitrogens with one attached hydrogen (secondary N) is 1. The predicted octanol–water partition coefficient (Wildman–Crippen LogP) is 4.93. The van der Waals surface area contributed by atoms with Gasteiger partial charge in [-0.15, -0.1) is 11.3 Å². The topological polar surface area (TPSA) is 63.2 Å². The van der Waals surface area contributed by atoms with Crippen molar-refractivity contribution in [3.05, 3.63) is 75.5 Å². The molecule has 1 N–H and O–H groups in total. The van der Waals surface area contributed by atoms with E-state index in [1.165, 1.54) is 16.9 Å². The number of carbonyl (C=O) groups is 1. The molecule has 1 aromatic heterocycles. The Labute approximate surface area is 169 Å². The van der Waals surface area contributed by atoms with Gasteiger partial charge in [-0.1, -0.05) is 48.9 Å². The van der Waals surface area contributed by atoms with E-state index >= 15 is 0 Å². The number of amides is 1. The maximum absolute atomic E-state index is 13.2. The zero-order valence-electron chi connectivity index (χ0n) is 15.7. The maximum atomic E-state index is 13.2. The molecule has 1 atom stereocenters. The SMILES string of the molecule is CCc1ccc([C@H]2CC(=O)Nc3c(S(=O)(=O)c4ccc(C)cc4)csc32)cc1. The molecule has 0 unspecified atom stereocenters. The van der Waals surface area contributed by atoms with Crippen molar-refractivity contribution in [2.24, 2.45) is 0 Å². The molecule has 1 aliphatic heterocycles. The van der Waals surface area contributed by atoms with Gasteiger partial charge in [0.05, 0.1) is 10.6 Å². The molecule has 0 aliphatic carbocycles. The Bertz CT molecular complexity index is 1130. The molecule has 1 aliphatic rings. The van der Waals surface area contributed by atoms with Crippen molar-refractivity contribution in [2.75, 3.05) is 5.32 Å². The number of thiophene rings is 1. The summed E-state index contributed by atoms with van der Waals surface area (Å²) in [6.45, 7) is 4.01. The number of sulfone groups is 1. The number of rotatable bonds is 4. The first-order valence-corrected chi connectivity index (χ1v) is 11.6. The van der Waals surface area contributed by atoms with Crippen molar-refractivity contribution in [1.29, 1.82) is 0 Å². The van der Waals surface area contributed by atoms with Crippen molar-refractivity contribution in [3.63, 3.8) is 0 Å². The fraction of sp³-hybridized carbons (Fsp3) is 0.227. The summed E-state index contributed by atoms with van der Waals surface area (Å²) in [5.41, 5.74) is 3.70. The molecular formula is C22H21NO3S2. The van der Waals surface area contributed by atoms with Crippen LogP contribution in [-0.2, 0) is 21.1 Å². The Morgan fingerprint density at radius 3 is 2.39 bits per heavy atom. The lowest BCUT2D eigenvalue weighted by Gasteiger charge is -2.24. The first-order chi connectivity index (χ1) is 13.4. The van der Waals surface area contributed by atoms with Gasteiger partial charge in [0.1, 0.15) is 4.90 Å². The van der Waals surface area contributed by atoms with Crippen LogP contribution in [0.3, 0.4) is 0 Å². The number of carbonyl (C=O) groups excluding carboxylic acids is 1. The number of fused-ring (bicyclic) bond motifs is 1. The van der Waals surface area contributed by atoms with Crippen molar-refractivity contribution < 1.29 is 13.2 Å². The van der Waals surface area contributed by atoms with Crippen molar-refractivity contribution in [2.45, 2.75) is 42.4 Å². The summed E-state index contributed by atoms with van der Waals surface area (Å²) >= 11 is 1.40. The Balaban J connectivity index is 1.79. The van der Waals surface area contributed by atoms with Gasteiger partial charge in [-0.2, -0.15) is 0 Å². The summed E-state index contributed by atoms with van der Waals surface area (Å²) in [6.07, 6.45) is 1.28. The molecule has 0 spiro atoms. The number of aryl methyl sites for hydroxylation is 2. The molecule has 0 saturated heterocycles. The first-order valence-electron chi connectivity index (χ1n) is 9.22. The fourth-order valence-electron chi connectivity index (χ4n) is 3.50. The summed E-state index contributed by atoms with van der Waals surface area (Å²) < 4.78 is 26.3. The number of hydrogen-bond donors (Lipinski definition) is 1. The average molecular weight is 412 g/mol. The largest absolute Gasteiger partial charge is 0.324 e. The minimum Gasteiger partial charge on any atom is -0.324 e. The summed E-state index contributed by atoms with van der Waals surface area (Å²) in [6, 6.07) is 15.0. The van der Waals surface area contributed by atoms with Crippen molar-refractivity contribution in [1.82, 2.24) is 0 Å². The summed E-state index contributed by atoms with van der Waals surface area (Å²) in [5.74, 6) is -0.280. The summed E-state index contributed by atoms with van der Waals surface area (Å²) in [7, 11) is -3.70. The van der Waals surface area contributed by atoms with E-state index in [-0.39, 0.29) is 21.6 Å². The lowest BCUT2D eigenvalue weighted by atomic mass is 9.90. The van der Waals surface area contributed by atoms with Gasteiger partial charge in [-0.05, 0) is 36.6 Å². The van der Waals surface area contributed by atoms with E-state index in [1.807, 2.05) is 19.1 Å². The number of anilines is 1. The zero-order valence-corrected chi connectivity index (χ0v) is 17.4. The quantitative estimate of drug-likeness (QED) is 0.662. The van der Waals surface area contributed by atoms with Gasteiger partial charge in [0.2, 0.25) is 15.7 Å². The van der Waals surface area contributed by atoms with Crippen LogP contribution in [0.25, 0.3) is 0 Å². The lowest BCUT2D eigenvalue weighted by molar-refractivity contribution is -0.116. The Kier molecular flexibility index (Phi) is 4.85. The van der Waals surface area contributed by atoms with Crippen LogP contribution in [-0.4, -0.2) is 14.3 Å². The molecule has 0 saturated carbocycles. The molecular weight excluding hydrogens is 390 g/mol. The molecule has 1 amide bonds. The molecule has 0 bridgehead atoms. The second-order valence-corrected chi connectivity index (χ2v) is 9.89. The minimum absolute atomic E-state index is 0.123. The van der Waals surface area contributed by atoms with E-state index in [0.717, 1.165) is 22.4 Å². The van der Waals surface area contributed by atoms with Crippen LogP contribution >= 0.6 is 11.3 Å². The van der Waals surface area contributed by atoms with E-state index in [0.29, 0.717) is 12.1 Å². The Hall–Kier alpha value is -2.44. The first kappa shape index (κ1) is 18.9. The third-order valence-corrected chi connectivity index (χ3v) is 8.21. The zero-order chi connectivity index (χ0) is 19.9. The molecule has 0 fully saturated rings. The van der Waals surface area contributed by atoms with Gasteiger partial charge in [-0.3, -0.25) is 4.79 Å². The van der Waals surface area contributed by atoms with Crippen LogP contribution in [0.4, 0.5) is 5.69 Å². The molecule has 28 heavy (non-hydrogen) atoms. The molecule has 144 valence electrons. The van der Waals surface area contributed by atoms with E-state index in [4.69, 9.17) is 0 Å². The highest BCUT2D eigenvalue weighted by molar-refractivity contribution is 7.91. The molecule has 2 aromatic carbocycles. The molecule has 6 heteroatoms. The number of hydrogen-bond acceptors (Lipinski definition) is 4. The summed E-state index contributed by atoms with van der Waals surface area (Å²) in [5, 5.41) is 4.46. The average Bonchev–Trinajstić information content (AvgIpc) is 3.12. The normalized spacial score (nSPS) is 16.5. The minimum atomic E-state index is -3.70. The highest BCUT2D eigenvalue weighted by atomic mass is 32.2. The van der Waals surface area contributed by atoms with E-state index in [2.05, 4.69) is 24.4 Å². The second-order valence-electron chi connectivity index (χ2n) is 7.06. The smallest absolute Gasteiger partial charge is 0.225 e. The highest BCUT2D eigenvalue weighted by Crippen LogP contribution is 2.45. The highest BCUT2D eigenvalue weighted by Gasteiger charge is 2.34. The predicted molar refractivity (Wildman–Crippen MR) is 112 cm³/mol. The standard InChI is InChI=1S/C22H21NO3S2/c1-3-15-6-8-16(9-7-15)18-12-20(24)23-21-19(13-27-22(18)21)28(25,26)17-10-4-14(2)5-11-17/h4-11,13,18H,3,12H2,1-2H3,(H,23,24)/t18-/m1/s1. The van der Waals surface area contributed by atoms with Crippen molar-refractivity contribution >= 4 is 32.8 Å². The Morgan fingerprint density at radius 2 is 1.75 bits per heavy atom. The third kappa shape index (κ3) is 3.27. The number of benzene rings is 2. The second kappa shape index (κ2) is 7.18. The van der Waals surface area contributed by atoms with E-state index in [1.54, 1.807) is 29.6 Å². The van der Waals surface area contributed by atoms with Gasteiger partial charge >= 0.3 is 0 Å². The van der Waals surface area contributed by atoms with Crippen LogP contribution in [0.1, 0.15) is 40.8 Å². The maximum Gasteiger partial charge on any atom is 0.225 e. The molecule has 4 rings (SSSR count). The van der Waals surface area contributed by atoms with Gasteiger partial charge in [0, 0.05) is 22.6 Å². The summed E-state index contributed by atoms with van der Waals surface area (Å²) in [4.78, 5) is 13.7. The van der Waals surface area contributed by atoms with Crippen molar-refractivity contribution in [3.8, 4) is 0 Å². The van der Waals surface area contributed by atoms with E-state index < -0.39 is 9.84 Å². The monoisotopic (exact) mass is 411 g/mol. The molecule has 0 radical (unpaired) electrons. The van der Waals surface area contributed by atoms with Gasteiger partial charge in [0.25, 0.3) is 0 Å². The third-order valence-electron chi connectivity index (χ3n) is 5.17. The van der Waals surface area contributed by atoms with Crippen LogP contribution in [0.2, 0.25) is 0 Å². The van der Waals surface area contributed by atoms with Crippen LogP contribution in [0.15, 0.2) is 63.7 Å². The van der Waals surface area contributed by atoms with Gasteiger partial charge in [-0.25, -0.2) is 8.42 Å². The van der Waals surface area contributed by atoms with Crippen LogP contribution in [0, 0.1) is 6.92 Å². The van der Waals surface area contributed by atoms with E-state index in [9.17, 15) is 13.2 Å². The van der Waals surface area contributed by atoms with Crippen LogP contribution < -0.4 is 5.32 Å². The van der Waals surface area contributed by atoms with Crippen LogP contribution in [0.5, 0.6) is 0 Å². The lowest BCUT2D eigenvalue weighted by Crippen LogP contribution is -2.23. The van der Waals surface area contributed by atoms with Gasteiger partial charge in [0.15, 0.2) is 0 Å². The molecule has 2 heterocycles. The Morgan fingerprint density at radius 1 is 1.07 bits per heavy atom. The molecule has 4 nitrogen and oxygen atoms in total. The fourth-order valence-corrected chi connectivity index (χ4v) is 6.41. The van der Waals surface area contributed by atoms with Gasteiger partial charge < -0.3 is 5.32 Å².